The van der Waals surface area contributed by atoms with Crippen LogP contribution in [-0.4, -0.2) is 35.9 Å². The number of hydrogen-bond donors (Lipinski definition) is 0. The molecule has 0 fully saturated rings. The van der Waals surface area contributed by atoms with Crippen molar-refractivity contribution >= 4 is 11.6 Å². The Bertz CT molecular complexity index is 455. The molecule has 0 bridgehead atoms. The number of carbonyl (C=O) groups excluding carboxylic acids is 1. The van der Waals surface area contributed by atoms with Crippen molar-refractivity contribution in [3.05, 3.63) is 33.9 Å². The van der Waals surface area contributed by atoms with Crippen LogP contribution in [0.5, 0.6) is 5.75 Å². The zero-order valence-corrected chi connectivity index (χ0v) is 10.7. The van der Waals surface area contributed by atoms with E-state index in [2.05, 4.69) is 0 Å². The number of ether oxygens (including phenoxy) is 1. The molecular formula is C12H16N2O4. The van der Waals surface area contributed by atoms with Crippen LogP contribution in [0.15, 0.2) is 18.2 Å². The molecule has 0 unspecified atom stereocenters. The summed E-state index contributed by atoms with van der Waals surface area (Å²) >= 11 is 0. The summed E-state index contributed by atoms with van der Waals surface area (Å²) in [5, 5.41) is 10.9. The van der Waals surface area contributed by atoms with Gasteiger partial charge in [0.15, 0.2) is 5.75 Å². The Labute approximate surface area is 105 Å². The summed E-state index contributed by atoms with van der Waals surface area (Å²) in [6, 6.07) is 4.22. The summed E-state index contributed by atoms with van der Waals surface area (Å²) in [6.07, 6.45) is 0. The zero-order chi connectivity index (χ0) is 13.7. The van der Waals surface area contributed by atoms with Gasteiger partial charge >= 0.3 is 5.69 Å². The van der Waals surface area contributed by atoms with Crippen LogP contribution in [0.3, 0.4) is 0 Å². The number of methoxy groups -OCH3 is 1. The van der Waals surface area contributed by atoms with Crippen LogP contribution < -0.4 is 4.74 Å². The van der Waals surface area contributed by atoms with Crippen molar-refractivity contribution in [3.63, 3.8) is 0 Å². The van der Waals surface area contributed by atoms with Gasteiger partial charge in [0.25, 0.3) is 5.91 Å². The summed E-state index contributed by atoms with van der Waals surface area (Å²) < 4.78 is 4.89. The van der Waals surface area contributed by atoms with Gasteiger partial charge in [-0.15, -0.1) is 0 Å². The molecule has 0 N–H and O–H groups in total. The van der Waals surface area contributed by atoms with E-state index in [1.54, 1.807) is 4.90 Å². The Morgan fingerprint density at radius 2 is 2.00 bits per heavy atom. The van der Waals surface area contributed by atoms with E-state index >= 15 is 0 Å². The lowest BCUT2D eigenvalue weighted by Gasteiger charge is -2.18. The normalized spacial score (nSPS) is 9.94. The standard InChI is InChI=1S/C12H16N2O4/c1-4-13(5-2)12(15)9-6-7-11(18-3)10(8-9)14(16)17/h6-8H,4-5H2,1-3H3. The molecule has 0 saturated carbocycles. The summed E-state index contributed by atoms with van der Waals surface area (Å²) in [5.41, 5.74) is 0.0988. The quantitative estimate of drug-likeness (QED) is 0.594. The van der Waals surface area contributed by atoms with E-state index < -0.39 is 4.92 Å². The van der Waals surface area contributed by atoms with E-state index in [0.29, 0.717) is 18.7 Å². The first kappa shape index (κ1) is 14.0. The number of nitro groups is 1. The average Bonchev–Trinajstić information content (AvgIpc) is 2.39. The summed E-state index contributed by atoms with van der Waals surface area (Å²) in [4.78, 5) is 24.0. The predicted octanol–water partition coefficient (Wildman–Crippen LogP) is 2.09. The smallest absolute Gasteiger partial charge is 0.311 e. The molecular weight excluding hydrogens is 236 g/mol. The number of amides is 1. The number of hydrogen-bond acceptors (Lipinski definition) is 4. The molecule has 6 heteroatoms. The number of nitrogens with zero attached hydrogens (tertiary/aromatic N) is 2. The van der Waals surface area contributed by atoms with Crippen molar-refractivity contribution in [2.75, 3.05) is 20.2 Å². The maximum atomic E-state index is 12.0. The highest BCUT2D eigenvalue weighted by atomic mass is 16.6. The summed E-state index contributed by atoms with van der Waals surface area (Å²) in [6.45, 7) is 4.85. The van der Waals surface area contributed by atoms with Gasteiger partial charge in [0.2, 0.25) is 0 Å². The number of nitro benzene ring substituents is 1. The number of carbonyl (C=O) groups is 1. The number of benzene rings is 1. The van der Waals surface area contributed by atoms with E-state index in [4.69, 9.17) is 4.74 Å². The lowest BCUT2D eigenvalue weighted by molar-refractivity contribution is -0.385. The third-order valence-electron chi connectivity index (χ3n) is 2.67. The molecule has 1 aromatic rings. The van der Waals surface area contributed by atoms with Gasteiger partial charge in [-0.05, 0) is 26.0 Å². The van der Waals surface area contributed by atoms with Crippen molar-refractivity contribution in [1.29, 1.82) is 0 Å². The molecule has 1 amide bonds. The molecule has 1 rings (SSSR count). The molecule has 18 heavy (non-hydrogen) atoms. The minimum Gasteiger partial charge on any atom is -0.490 e. The molecule has 0 aliphatic carbocycles. The summed E-state index contributed by atoms with van der Waals surface area (Å²) in [5.74, 6) is -0.0677. The minimum absolute atomic E-state index is 0.149. The molecule has 0 saturated heterocycles. The Morgan fingerprint density at radius 3 is 2.44 bits per heavy atom. The van der Waals surface area contributed by atoms with Crippen molar-refractivity contribution in [2.24, 2.45) is 0 Å². The fourth-order valence-corrected chi connectivity index (χ4v) is 1.66. The number of rotatable bonds is 5. The molecule has 6 nitrogen and oxygen atoms in total. The second-order valence-corrected chi connectivity index (χ2v) is 3.62. The van der Waals surface area contributed by atoms with Crippen LogP contribution in [-0.2, 0) is 0 Å². The van der Waals surface area contributed by atoms with Crippen molar-refractivity contribution in [3.8, 4) is 5.75 Å². The van der Waals surface area contributed by atoms with E-state index in [1.807, 2.05) is 13.8 Å². The van der Waals surface area contributed by atoms with E-state index in [-0.39, 0.29) is 17.3 Å². The molecule has 0 spiro atoms. The molecule has 0 atom stereocenters. The monoisotopic (exact) mass is 252 g/mol. The van der Waals surface area contributed by atoms with Crippen molar-refractivity contribution in [1.82, 2.24) is 4.90 Å². The Hall–Kier alpha value is -2.11. The van der Waals surface area contributed by atoms with Gasteiger partial charge in [0, 0.05) is 24.7 Å². The van der Waals surface area contributed by atoms with Crippen molar-refractivity contribution < 1.29 is 14.5 Å². The topological polar surface area (TPSA) is 72.7 Å². The van der Waals surface area contributed by atoms with Crippen LogP contribution in [0.2, 0.25) is 0 Å². The Balaban J connectivity index is 3.15. The van der Waals surface area contributed by atoms with Crippen LogP contribution in [0, 0.1) is 10.1 Å². The average molecular weight is 252 g/mol. The summed E-state index contributed by atoms with van der Waals surface area (Å²) in [7, 11) is 1.36. The van der Waals surface area contributed by atoms with Gasteiger partial charge < -0.3 is 9.64 Å². The lowest BCUT2D eigenvalue weighted by Crippen LogP contribution is -2.30. The van der Waals surface area contributed by atoms with Crippen molar-refractivity contribution in [2.45, 2.75) is 13.8 Å². The Kier molecular flexibility index (Phi) is 4.65. The first-order valence-electron chi connectivity index (χ1n) is 5.66. The fraction of sp³-hybridized carbons (Fsp3) is 0.417. The SMILES string of the molecule is CCN(CC)C(=O)c1ccc(OC)c([N+](=O)[O-])c1. The molecule has 0 aromatic heterocycles. The maximum Gasteiger partial charge on any atom is 0.311 e. The first-order valence-corrected chi connectivity index (χ1v) is 5.66. The van der Waals surface area contributed by atoms with Crippen LogP contribution in [0.1, 0.15) is 24.2 Å². The van der Waals surface area contributed by atoms with Gasteiger partial charge in [-0.25, -0.2) is 0 Å². The highest BCUT2D eigenvalue weighted by Gasteiger charge is 2.20. The van der Waals surface area contributed by atoms with Gasteiger partial charge in [0.05, 0.1) is 12.0 Å². The molecule has 0 heterocycles. The lowest BCUT2D eigenvalue weighted by atomic mass is 10.1. The van der Waals surface area contributed by atoms with E-state index in [0.717, 1.165) is 0 Å². The molecule has 0 aliphatic heterocycles. The third kappa shape index (κ3) is 2.77. The van der Waals surface area contributed by atoms with Crippen LogP contribution >= 0.6 is 0 Å². The molecule has 0 aliphatic rings. The maximum absolute atomic E-state index is 12.0. The van der Waals surface area contributed by atoms with Gasteiger partial charge in [-0.2, -0.15) is 0 Å². The van der Waals surface area contributed by atoms with E-state index in [1.165, 1.54) is 25.3 Å². The predicted molar refractivity (Wildman–Crippen MR) is 66.9 cm³/mol. The third-order valence-corrected chi connectivity index (χ3v) is 2.67. The second-order valence-electron chi connectivity index (χ2n) is 3.62. The van der Waals surface area contributed by atoms with Gasteiger partial charge in [-0.3, -0.25) is 14.9 Å². The largest absolute Gasteiger partial charge is 0.490 e. The minimum atomic E-state index is -0.558. The van der Waals surface area contributed by atoms with E-state index in [9.17, 15) is 14.9 Å². The van der Waals surface area contributed by atoms with Gasteiger partial charge in [0.1, 0.15) is 0 Å². The van der Waals surface area contributed by atoms with Gasteiger partial charge in [-0.1, -0.05) is 0 Å². The van der Waals surface area contributed by atoms with Crippen LogP contribution in [0.25, 0.3) is 0 Å². The second kappa shape index (κ2) is 6.00. The first-order chi connectivity index (χ1) is 8.54. The fourth-order valence-electron chi connectivity index (χ4n) is 1.66. The molecule has 98 valence electrons. The molecule has 0 radical (unpaired) electrons. The highest BCUT2D eigenvalue weighted by Crippen LogP contribution is 2.27. The van der Waals surface area contributed by atoms with Crippen LogP contribution in [0.4, 0.5) is 5.69 Å². The Morgan fingerprint density at radius 1 is 1.39 bits per heavy atom. The molecule has 1 aromatic carbocycles. The zero-order valence-electron chi connectivity index (χ0n) is 10.7. The highest BCUT2D eigenvalue weighted by molar-refractivity contribution is 5.95.